The van der Waals surface area contributed by atoms with Gasteiger partial charge in [0.15, 0.2) is 0 Å². The van der Waals surface area contributed by atoms with Gasteiger partial charge in [-0.3, -0.25) is 0 Å². The zero-order chi connectivity index (χ0) is 11.7. The van der Waals surface area contributed by atoms with Gasteiger partial charge in [-0.15, -0.1) is 0 Å². The molecule has 16 heavy (non-hydrogen) atoms. The predicted octanol–water partition coefficient (Wildman–Crippen LogP) is 2.45. The minimum atomic E-state index is 0.732. The fourth-order valence-corrected chi connectivity index (χ4v) is 3.36. The van der Waals surface area contributed by atoms with Crippen LogP contribution in [-0.4, -0.2) is 48.1 Å². The van der Waals surface area contributed by atoms with Crippen molar-refractivity contribution in [2.24, 2.45) is 11.8 Å². The lowest BCUT2D eigenvalue weighted by atomic mass is 9.79. The molecular formula is C14H28N2. The molecule has 0 aromatic rings. The highest BCUT2D eigenvalue weighted by atomic mass is 15.2. The summed E-state index contributed by atoms with van der Waals surface area (Å²) in [6, 6.07) is 1.46. The lowest BCUT2D eigenvalue weighted by Gasteiger charge is -2.47. The van der Waals surface area contributed by atoms with E-state index in [4.69, 9.17) is 0 Å². The maximum atomic E-state index is 2.67. The van der Waals surface area contributed by atoms with Crippen molar-refractivity contribution >= 4 is 0 Å². The molecule has 2 aliphatic heterocycles. The molecule has 0 amide bonds. The molecule has 0 saturated carbocycles. The van der Waals surface area contributed by atoms with E-state index < -0.39 is 0 Å². The second-order valence-electron chi connectivity index (χ2n) is 6.27. The first-order chi connectivity index (χ1) is 7.58. The summed E-state index contributed by atoms with van der Waals surface area (Å²) in [5.41, 5.74) is 0. The normalized spacial score (nSPS) is 33.4. The molecule has 0 atom stereocenters. The van der Waals surface area contributed by atoms with Crippen molar-refractivity contribution in [1.29, 1.82) is 0 Å². The van der Waals surface area contributed by atoms with E-state index in [0.717, 1.165) is 23.9 Å². The molecule has 0 N–H and O–H groups in total. The second-order valence-corrected chi connectivity index (χ2v) is 6.27. The molecular weight excluding hydrogens is 196 g/mol. The van der Waals surface area contributed by atoms with Gasteiger partial charge >= 0.3 is 0 Å². The second kappa shape index (κ2) is 5.05. The van der Waals surface area contributed by atoms with Gasteiger partial charge in [0.25, 0.3) is 0 Å². The van der Waals surface area contributed by atoms with Crippen LogP contribution in [0.4, 0.5) is 0 Å². The molecule has 0 bridgehead atoms. The van der Waals surface area contributed by atoms with Gasteiger partial charge < -0.3 is 9.80 Å². The Kier molecular flexibility index (Phi) is 3.91. The molecule has 2 heterocycles. The first-order valence-electron chi connectivity index (χ1n) is 7.06. The maximum Gasteiger partial charge on any atom is 0.00387 e. The summed E-state index contributed by atoms with van der Waals surface area (Å²) in [6.07, 6.45) is 2.88. The molecule has 2 rings (SSSR count). The van der Waals surface area contributed by atoms with E-state index in [1.165, 1.54) is 39.0 Å². The van der Waals surface area contributed by atoms with Gasteiger partial charge in [-0.05, 0) is 65.5 Å². The molecule has 2 heteroatoms. The lowest BCUT2D eigenvalue weighted by molar-refractivity contribution is 0.0187. The monoisotopic (exact) mass is 224 g/mol. The summed E-state index contributed by atoms with van der Waals surface area (Å²) in [5.74, 6) is 1.96. The third-order valence-electron chi connectivity index (χ3n) is 4.64. The molecule has 0 radical (unpaired) electrons. The zero-order valence-corrected chi connectivity index (χ0v) is 11.4. The average Bonchev–Trinajstić information content (AvgIpc) is 2.27. The maximum absolute atomic E-state index is 2.67. The Balaban J connectivity index is 1.93. The third-order valence-corrected chi connectivity index (χ3v) is 4.64. The predicted molar refractivity (Wildman–Crippen MR) is 69.6 cm³/mol. The van der Waals surface area contributed by atoms with Crippen molar-refractivity contribution in [1.82, 2.24) is 9.80 Å². The number of hydrogen-bond donors (Lipinski definition) is 0. The number of hydrogen-bond acceptors (Lipinski definition) is 2. The van der Waals surface area contributed by atoms with E-state index in [2.05, 4.69) is 37.5 Å². The molecule has 2 fully saturated rings. The van der Waals surface area contributed by atoms with Crippen LogP contribution < -0.4 is 0 Å². The fourth-order valence-electron chi connectivity index (χ4n) is 3.36. The molecule has 2 saturated heterocycles. The largest absolute Gasteiger partial charge is 0.301 e. The van der Waals surface area contributed by atoms with Gasteiger partial charge in [0.1, 0.15) is 0 Å². The van der Waals surface area contributed by atoms with Gasteiger partial charge in [-0.2, -0.15) is 0 Å². The highest BCUT2D eigenvalue weighted by Gasteiger charge is 2.35. The summed E-state index contributed by atoms with van der Waals surface area (Å²) in [7, 11) is 0. The number of fused-ring (bicyclic) bond motifs is 1. The zero-order valence-electron chi connectivity index (χ0n) is 11.4. The minimum absolute atomic E-state index is 0.732. The summed E-state index contributed by atoms with van der Waals surface area (Å²) in [5, 5.41) is 0. The number of likely N-dealkylation sites (tertiary alicyclic amines) is 2. The Bertz CT molecular complexity index is 203. The lowest BCUT2D eigenvalue weighted by Crippen LogP contribution is -2.52. The highest BCUT2D eigenvalue weighted by Crippen LogP contribution is 2.32. The van der Waals surface area contributed by atoms with Crippen LogP contribution in [0, 0.1) is 11.8 Å². The van der Waals surface area contributed by atoms with Gasteiger partial charge in [-0.25, -0.2) is 0 Å². The van der Waals surface area contributed by atoms with Gasteiger partial charge in [-0.1, -0.05) is 0 Å². The Morgan fingerprint density at radius 2 is 1.19 bits per heavy atom. The molecule has 0 spiro atoms. The topological polar surface area (TPSA) is 6.48 Å². The van der Waals surface area contributed by atoms with Crippen LogP contribution in [0.15, 0.2) is 0 Å². The molecule has 94 valence electrons. The average molecular weight is 224 g/mol. The van der Waals surface area contributed by atoms with Crippen LogP contribution in [0.25, 0.3) is 0 Å². The smallest absolute Gasteiger partial charge is 0.00387 e. The van der Waals surface area contributed by atoms with E-state index in [9.17, 15) is 0 Å². The standard InChI is InChI=1S/C14H28N2/c1-11(2)15-7-5-13-6-8-16(12(3)4)10-14(13)9-15/h11-14H,5-10H2,1-4H3. The highest BCUT2D eigenvalue weighted by molar-refractivity contribution is 4.88. The molecule has 0 unspecified atom stereocenters. The van der Waals surface area contributed by atoms with E-state index in [0.29, 0.717) is 0 Å². The number of nitrogens with zero attached hydrogens (tertiary/aromatic N) is 2. The van der Waals surface area contributed by atoms with Crippen LogP contribution in [0.5, 0.6) is 0 Å². The van der Waals surface area contributed by atoms with Crippen molar-refractivity contribution in [3.63, 3.8) is 0 Å². The summed E-state index contributed by atoms with van der Waals surface area (Å²) in [4.78, 5) is 5.34. The van der Waals surface area contributed by atoms with Crippen molar-refractivity contribution in [2.45, 2.75) is 52.6 Å². The van der Waals surface area contributed by atoms with E-state index in [1.54, 1.807) is 0 Å². The Morgan fingerprint density at radius 3 is 1.56 bits per heavy atom. The van der Waals surface area contributed by atoms with Crippen LogP contribution in [0.3, 0.4) is 0 Å². The van der Waals surface area contributed by atoms with Crippen LogP contribution in [0.1, 0.15) is 40.5 Å². The fraction of sp³-hybridized carbons (Fsp3) is 1.00. The minimum Gasteiger partial charge on any atom is -0.301 e. The Morgan fingerprint density at radius 1 is 0.750 bits per heavy atom. The molecule has 0 aromatic carbocycles. The van der Waals surface area contributed by atoms with Crippen molar-refractivity contribution < 1.29 is 0 Å². The van der Waals surface area contributed by atoms with Crippen LogP contribution in [-0.2, 0) is 0 Å². The Hall–Kier alpha value is -0.0800. The summed E-state index contributed by atoms with van der Waals surface area (Å²) in [6.45, 7) is 14.7. The Labute approximate surface area is 101 Å². The quantitative estimate of drug-likeness (QED) is 0.711. The molecule has 0 aliphatic carbocycles. The van der Waals surface area contributed by atoms with Crippen molar-refractivity contribution in [3.05, 3.63) is 0 Å². The molecule has 2 aliphatic rings. The van der Waals surface area contributed by atoms with Crippen molar-refractivity contribution in [2.75, 3.05) is 26.2 Å². The SMILES string of the molecule is CC(C)N1CCC2CCN(C(C)C)CC2C1. The summed E-state index contributed by atoms with van der Waals surface area (Å²) < 4.78 is 0. The third kappa shape index (κ3) is 2.60. The van der Waals surface area contributed by atoms with E-state index in [1.807, 2.05) is 0 Å². The molecule has 0 aromatic heterocycles. The van der Waals surface area contributed by atoms with Gasteiger partial charge in [0, 0.05) is 25.2 Å². The molecule has 2 nitrogen and oxygen atoms in total. The number of rotatable bonds is 2. The van der Waals surface area contributed by atoms with Gasteiger partial charge in [0.05, 0.1) is 0 Å². The first kappa shape index (κ1) is 12.4. The number of piperidine rings is 2. The summed E-state index contributed by atoms with van der Waals surface area (Å²) >= 11 is 0. The van der Waals surface area contributed by atoms with Crippen molar-refractivity contribution in [3.8, 4) is 0 Å². The van der Waals surface area contributed by atoms with Crippen LogP contribution in [0.2, 0.25) is 0 Å². The van der Waals surface area contributed by atoms with Crippen LogP contribution >= 0.6 is 0 Å². The van der Waals surface area contributed by atoms with Gasteiger partial charge in [0.2, 0.25) is 0 Å². The van der Waals surface area contributed by atoms with E-state index in [-0.39, 0.29) is 0 Å². The first-order valence-corrected chi connectivity index (χ1v) is 7.06. The van der Waals surface area contributed by atoms with E-state index >= 15 is 0 Å².